The molecule has 2 aromatic carbocycles. The average Bonchev–Trinajstić information content (AvgIpc) is 3.05. The molecule has 1 N–H and O–H groups in total. The van der Waals surface area contributed by atoms with Crippen LogP contribution in [0.25, 0.3) is 6.08 Å². The van der Waals surface area contributed by atoms with Gasteiger partial charge >= 0.3 is 5.97 Å². The van der Waals surface area contributed by atoms with Crippen LogP contribution in [0.1, 0.15) is 18.1 Å². The van der Waals surface area contributed by atoms with Gasteiger partial charge in [-0.3, -0.25) is 0 Å². The summed E-state index contributed by atoms with van der Waals surface area (Å²) in [4.78, 5) is 17.6. The predicted octanol–water partition coefficient (Wildman–Crippen LogP) is 5.21. The van der Waals surface area contributed by atoms with Crippen molar-refractivity contribution in [3.05, 3.63) is 69.8 Å². The van der Waals surface area contributed by atoms with Gasteiger partial charge in [0.1, 0.15) is 27.9 Å². The lowest BCUT2D eigenvalue weighted by Gasteiger charge is -2.08. The maximum absolute atomic E-state index is 12.5. The molecule has 0 radical (unpaired) electrons. The number of carbonyl (C=O) groups is 1. The van der Waals surface area contributed by atoms with Crippen LogP contribution in [0.3, 0.4) is 0 Å². The molecule has 0 unspecified atom stereocenters. The minimum absolute atomic E-state index is 0.0566. The number of rotatable bonds is 6. The Morgan fingerprint density at radius 3 is 2.50 bits per heavy atom. The van der Waals surface area contributed by atoms with Crippen molar-refractivity contribution in [2.45, 2.75) is 13.8 Å². The lowest BCUT2D eigenvalue weighted by Crippen LogP contribution is -2.12. The predicted molar refractivity (Wildman–Crippen MR) is 120 cm³/mol. The molecule has 0 saturated carbocycles. The van der Waals surface area contributed by atoms with Crippen molar-refractivity contribution in [3.8, 4) is 11.5 Å². The molecule has 0 aliphatic carbocycles. The fourth-order valence-electron chi connectivity index (χ4n) is 2.81. The largest absolute Gasteiger partial charge is 0.506 e. The summed E-state index contributed by atoms with van der Waals surface area (Å²) in [5.41, 5.74) is 2.57. The normalized spacial score (nSPS) is 16.3. The molecule has 156 valence electrons. The first-order valence-corrected chi connectivity index (χ1v) is 10.2. The van der Waals surface area contributed by atoms with Gasteiger partial charge in [-0.2, -0.15) is 0 Å². The second-order valence-corrected chi connectivity index (χ2v) is 7.45. The molecule has 0 saturated heterocycles. The number of aliphatic hydroxyl groups is 1. The van der Waals surface area contributed by atoms with E-state index >= 15 is 0 Å². The zero-order chi connectivity index (χ0) is 21.7. The smallest absolute Gasteiger partial charge is 0.344 e. The van der Waals surface area contributed by atoms with E-state index in [9.17, 15) is 9.90 Å². The Hall–Kier alpha value is -3.19. The van der Waals surface area contributed by atoms with E-state index in [0.29, 0.717) is 27.1 Å². The Morgan fingerprint density at radius 2 is 1.87 bits per heavy atom. The first-order valence-electron chi connectivity index (χ1n) is 9.34. The van der Waals surface area contributed by atoms with Gasteiger partial charge in [0.2, 0.25) is 0 Å². The molecule has 1 aliphatic heterocycles. The van der Waals surface area contributed by atoms with Gasteiger partial charge in [0.15, 0.2) is 0 Å². The minimum Gasteiger partial charge on any atom is -0.506 e. The first-order chi connectivity index (χ1) is 14.5. The molecule has 0 atom stereocenters. The van der Waals surface area contributed by atoms with Gasteiger partial charge in [0, 0.05) is 11.6 Å². The van der Waals surface area contributed by atoms with E-state index in [4.69, 9.17) is 14.2 Å². The molecular formula is C23H23NO5S. The Kier molecular flexibility index (Phi) is 6.84. The van der Waals surface area contributed by atoms with E-state index < -0.39 is 5.97 Å². The molecular weight excluding hydrogens is 402 g/mol. The Morgan fingerprint density at radius 1 is 1.13 bits per heavy atom. The molecule has 0 bridgehead atoms. The summed E-state index contributed by atoms with van der Waals surface area (Å²) in [6, 6.07) is 13.0. The molecule has 3 rings (SSSR count). The number of nitrogens with zero attached hydrogens (tertiary/aromatic N) is 1. The quantitative estimate of drug-likeness (QED) is 0.641. The van der Waals surface area contributed by atoms with Gasteiger partial charge in [-0.05, 0) is 44.2 Å². The molecule has 0 amide bonds. The van der Waals surface area contributed by atoms with Crippen molar-refractivity contribution in [1.82, 2.24) is 0 Å². The number of aryl methyl sites for hydroxylation is 1. The van der Waals surface area contributed by atoms with Crippen molar-refractivity contribution in [3.63, 3.8) is 0 Å². The Bertz CT molecular complexity index is 1040. The highest BCUT2D eigenvalue weighted by atomic mass is 32.2. The Balaban J connectivity index is 2.05. The van der Waals surface area contributed by atoms with Crippen LogP contribution < -0.4 is 9.47 Å². The number of esters is 1. The first kappa shape index (κ1) is 21.5. The van der Waals surface area contributed by atoms with Gasteiger partial charge < -0.3 is 19.3 Å². The van der Waals surface area contributed by atoms with Crippen molar-refractivity contribution < 1.29 is 24.1 Å². The zero-order valence-corrected chi connectivity index (χ0v) is 18.1. The van der Waals surface area contributed by atoms with Crippen LogP contribution >= 0.6 is 11.8 Å². The number of thioether (sulfide) groups is 1. The fourth-order valence-corrected chi connectivity index (χ4v) is 3.83. The van der Waals surface area contributed by atoms with Gasteiger partial charge in [0.25, 0.3) is 0 Å². The Labute approximate surface area is 179 Å². The fraction of sp³-hybridized carbons (Fsp3) is 0.217. The SMILES string of the molecule is CCOC(=O)C1=C(O)/C(=C\c2ccc(OC)cc2OC)SC1=Nc1ccc(C)cc1. The summed E-state index contributed by atoms with van der Waals surface area (Å²) in [5.74, 6) is 0.458. The van der Waals surface area contributed by atoms with E-state index in [1.165, 1.54) is 11.8 Å². The summed E-state index contributed by atoms with van der Waals surface area (Å²) in [6.45, 7) is 3.90. The molecule has 0 fully saturated rings. The second-order valence-electron chi connectivity index (χ2n) is 6.42. The summed E-state index contributed by atoms with van der Waals surface area (Å²) >= 11 is 1.20. The van der Waals surface area contributed by atoms with Crippen LogP contribution in [-0.4, -0.2) is 36.9 Å². The number of carbonyl (C=O) groups excluding carboxylic acids is 1. The van der Waals surface area contributed by atoms with Crippen LogP contribution in [0, 0.1) is 6.92 Å². The summed E-state index contributed by atoms with van der Waals surface area (Å²) < 4.78 is 15.8. The molecule has 0 spiro atoms. The topological polar surface area (TPSA) is 77.4 Å². The number of hydrogen-bond donors (Lipinski definition) is 1. The molecule has 1 heterocycles. The van der Waals surface area contributed by atoms with Gasteiger partial charge in [-0.25, -0.2) is 9.79 Å². The highest BCUT2D eigenvalue weighted by molar-refractivity contribution is 8.18. The van der Waals surface area contributed by atoms with Crippen LogP contribution in [0.5, 0.6) is 11.5 Å². The van der Waals surface area contributed by atoms with E-state index in [1.807, 2.05) is 37.3 Å². The van der Waals surface area contributed by atoms with Crippen LogP contribution in [-0.2, 0) is 9.53 Å². The molecule has 0 aromatic heterocycles. The summed E-state index contributed by atoms with van der Waals surface area (Å²) in [7, 11) is 3.14. The number of methoxy groups -OCH3 is 2. The zero-order valence-electron chi connectivity index (χ0n) is 17.3. The molecule has 1 aliphatic rings. The van der Waals surface area contributed by atoms with E-state index in [0.717, 1.165) is 11.1 Å². The number of ether oxygens (including phenoxy) is 3. The highest BCUT2D eigenvalue weighted by Gasteiger charge is 2.33. The van der Waals surface area contributed by atoms with E-state index in [1.54, 1.807) is 39.4 Å². The summed E-state index contributed by atoms with van der Waals surface area (Å²) in [6.07, 6.45) is 1.75. The third kappa shape index (κ3) is 4.68. The average molecular weight is 426 g/mol. The van der Waals surface area contributed by atoms with E-state index in [2.05, 4.69) is 4.99 Å². The van der Waals surface area contributed by atoms with Crippen molar-refractivity contribution in [2.75, 3.05) is 20.8 Å². The lowest BCUT2D eigenvalue weighted by molar-refractivity contribution is -0.138. The number of aliphatic hydroxyl groups excluding tert-OH is 1. The standard InChI is InChI=1S/C23H23NO5S/c1-5-29-23(26)20-21(25)19(12-15-8-11-17(27-3)13-18(15)28-4)30-22(20)24-16-9-6-14(2)7-10-16/h6-13,25H,5H2,1-4H3/b19-12+,24-22?. The molecule has 2 aromatic rings. The minimum atomic E-state index is -0.613. The lowest BCUT2D eigenvalue weighted by atomic mass is 10.1. The van der Waals surface area contributed by atoms with Gasteiger partial charge in [-0.15, -0.1) is 0 Å². The van der Waals surface area contributed by atoms with Crippen molar-refractivity contribution in [2.24, 2.45) is 4.99 Å². The molecule has 7 heteroatoms. The monoisotopic (exact) mass is 425 g/mol. The van der Waals surface area contributed by atoms with Crippen molar-refractivity contribution >= 4 is 34.5 Å². The third-order valence-electron chi connectivity index (χ3n) is 4.36. The number of benzene rings is 2. The number of aliphatic imine (C=N–C) groups is 1. The van der Waals surface area contributed by atoms with Gasteiger partial charge in [-0.1, -0.05) is 29.5 Å². The highest BCUT2D eigenvalue weighted by Crippen LogP contribution is 2.41. The maximum Gasteiger partial charge on any atom is 0.344 e. The van der Waals surface area contributed by atoms with Crippen LogP contribution in [0.15, 0.2) is 63.7 Å². The number of hydrogen-bond acceptors (Lipinski definition) is 7. The second kappa shape index (κ2) is 9.54. The molecule has 30 heavy (non-hydrogen) atoms. The van der Waals surface area contributed by atoms with Crippen LogP contribution in [0.4, 0.5) is 5.69 Å². The molecule has 6 nitrogen and oxygen atoms in total. The van der Waals surface area contributed by atoms with Crippen molar-refractivity contribution in [1.29, 1.82) is 0 Å². The maximum atomic E-state index is 12.5. The van der Waals surface area contributed by atoms with Crippen LogP contribution in [0.2, 0.25) is 0 Å². The summed E-state index contributed by atoms with van der Waals surface area (Å²) in [5, 5.41) is 11.2. The van der Waals surface area contributed by atoms with Gasteiger partial charge in [0.05, 0.1) is 31.4 Å². The third-order valence-corrected chi connectivity index (χ3v) is 5.38. The van der Waals surface area contributed by atoms with E-state index in [-0.39, 0.29) is 17.9 Å².